The second-order valence-corrected chi connectivity index (χ2v) is 8.57. The maximum absolute atomic E-state index is 13.3. The van der Waals surface area contributed by atoms with Gasteiger partial charge in [-0.15, -0.1) is 0 Å². The van der Waals surface area contributed by atoms with E-state index in [1.54, 1.807) is 0 Å². The molecule has 1 fully saturated rings. The van der Waals surface area contributed by atoms with Gasteiger partial charge in [-0.1, -0.05) is 11.6 Å². The Labute approximate surface area is 188 Å². The van der Waals surface area contributed by atoms with E-state index in [-0.39, 0.29) is 5.91 Å². The molecule has 0 spiro atoms. The minimum atomic E-state index is -0.143. The van der Waals surface area contributed by atoms with Crippen LogP contribution < -0.4 is 10.2 Å². The van der Waals surface area contributed by atoms with E-state index in [4.69, 9.17) is 9.72 Å². The van der Waals surface area contributed by atoms with Crippen molar-refractivity contribution in [2.75, 3.05) is 50.1 Å². The fraction of sp³-hybridized carbons (Fsp3) is 0.308. The first kappa shape index (κ1) is 20.5. The fourth-order valence-corrected chi connectivity index (χ4v) is 4.27. The average Bonchev–Trinajstić information content (AvgIpc) is 3.34. The Balaban J connectivity index is 1.41. The molecule has 2 aliphatic heterocycles. The molecule has 3 aromatic rings. The summed E-state index contributed by atoms with van der Waals surface area (Å²) in [6.07, 6.45) is 2.89. The van der Waals surface area contributed by atoms with Gasteiger partial charge in [0.1, 0.15) is 11.5 Å². The zero-order chi connectivity index (χ0) is 22.1. The number of aryl methyl sites for hydroxylation is 1. The van der Waals surface area contributed by atoms with Crippen LogP contribution in [0.4, 0.5) is 11.4 Å². The van der Waals surface area contributed by atoms with Crippen molar-refractivity contribution in [3.63, 3.8) is 0 Å². The van der Waals surface area contributed by atoms with Gasteiger partial charge in [-0.25, -0.2) is 4.98 Å². The standard InChI is InChI=1S/C26H28N4O2/c1-18-5-10-23-21(16-18)22(17-24(28-23)25-4-3-15-32-25)26(31)27-19-6-8-20(9-7-19)30-13-11-29(2)12-14-30/h4-10,16-17H,3,11-15H2,1-2H3,(H,27,31). The summed E-state index contributed by atoms with van der Waals surface area (Å²) < 4.78 is 5.70. The van der Waals surface area contributed by atoms with E-state index in [1.165, 1.54) is 5.69 Å². The summed E-state index contributed by atoms with van der Waals surface area (Å²) in [5.74, 6) is 0.605. The number of aromatic nitrogens is 1. The van der Waals surface area contributed by atoms with Gasteiger partial charge in [-0.2, -0.15) is 0 Å². The third kappa shape index (κ3) is 4.18. The van der Waals surface area contributed by atoms with Crippen LogP contribution >= 0.6 is 0 Å². The van der Waals surface area contributed by atoms with E-state index >= 15 is 0 Å². The van der Waals surface area contributed by atoms with E-state index in [0.717, 1.165) is 60.5 Å². The molecule has 0 bridgehead atoms. The fourth-order valence-electron chi connectivity index (χ4n) is 4.27. The molecule has 6 heteroatoms. The molecule has 2 aromatic carbocycles. The molecule has 0 unspecified atom stereocenters. The number of anilines is 2. The maximum Gasteiger partial charge on any atom is 0.256 e. The van der Waals surface area contributed by atoms with Gasteiger partial charge in [0.25, 0.3) is 5.91 Å². The third-order valence-electron chi connectivity index (χ3n) is 6.16. The highest BCUT2D eigenvalue weighted by atomic mass is 16.5. The number of piperazine rings is 1. The average molecular weight is 429 g/mol. The predicted molar refractivity (Wildman–Crippen MR) is 129 cm³/mol. The molecule has 5 rings (SSSR count). The topological polar surface area (TPSA) is 57.7 Å². The van der Waals surface area contributed by atoms with Crippen molar-refractivity contribution in [2.24, 2.45) is 0 Å². The number of hydrogen-bond acceptors (Lipinski definition) is 5. The van der Waals surface area contributed by atoms with E-state index in [0.29, 0.717) is 17.9 Å². The molecule has 3 heterocycles. The summed E-state index contributed by atoms with van der Waals surface area (Å²) in [5, 5.41) is 3.92. The Morgan fingerprint density at radius 2 is 1.81 bits per heavy atom. The minimum Gasteiger partial charge on any atom is -0.491 e. The number of nitrogens with zero attached hydrogens (tertiary/aromatic N) is 3. The zero-order valence-electron chi connectivity index (χ0n) is 18.6. The number of pyridine rings is 1. The second-order valence-electron chi connectivity index (χ2n) is 8.57. The van der Waals surface area contributed by atoms with Gasteiger partial charge in [0, 0.05) is 49.4 Å². The summed E-state index contributed by atoms with van der Waals surface area (Å²) in [4.78, 5) is 22.8. The summed E-state index contributed by atoms with van der Waals surface area (Å²) in [6.45, 7) is 6.85. The van der Waals surface area contributed by atoms with Gasteiger partial charge in [-0.05, 0) is 62.5 Å². The van der Waals surface area contributed by atoms with Crippen LogP contribution in [-0.4, -0.2) is 55.6 Å². The lowest BCUT2D eigenvalue weighted by molar-refractivity contribution is 0.102. The molecule has 0 saturated carbocycles. The Kier molecular flexibility index (Phi) is 5.53. The molecule has 0 atom stereocenters. The molecular weight excluding hydrogens is 400 g/mol. The third-order valence-corrected chi connectivity index (χ3v) is 6.16. The van der Waals surface area contributed by atoms with E-state index in [1.807, 2.05) is 49.4 Å². The van der Waals surface area contributed by atoms with Crippen molar-refractivity contribution in [3.05, 3.63) is 71.4 Å². The van der Waals surface area contributed by atoms with Crippen LogP contribution in [0.25, 0.3) is 16.7 Å². The van der Waals surface area contributed by atoms with Crippen LogP contribution in [0.1, 0.15) is 28.0 Å². The predicted octanol–water partition coefficient (Wildman–Crippen LogP) is 4.31. The van der Waals surface area contributed by atoms with Gasteiger partial charge in [0.05, 0.1) is 17.7 Å². The first-order valence-corrected chi connectivity index (χ1v) is 11.2. The number of fused-ring (bicyclic) bond motifs is 1. The van der Waals surface area contributed by atoms with Crippen molar-refractivity contribution in [1.82, 2.24) is 9.88 Å². The second kappa shape index (κ2) is 8.63. The van der Waals surface area contributed by atoms with E-state index < -0.39 is 0 Å². The monoisotopic (exact) mass is 428 g/mol. The van der Waals surface area contributed by atoms with E-state index in [2.05, 4.69) is 34.3 Å². The first-order chi connectivity index (χ1) is 15.6. The Hall–Kier alpha value is -3.38. The van der Waals surface area contributed by atoms with Gasteiger partial charge >= 0.3 is 0 Å². The highest BCUT2D eigenvalue weighted by Crippen LogP contribution is 2.27. The maximum atomic E-state index is 13.3. The lowest BCUT2D eigenvalue weighted by Gasteiger charge is -2.34. The molecular formula is C26H28N4O2. The SMILES string of the molecule is Cc1ccc2nc(C3=CCCO3)cc(C(=O)Nc3ccc(N4CCN(C)CC4)cc3)c2c1. The number of likely N-dealkylation sites (N-methyl/N-ethyl adjacent to an activating group) is 1. The number of nitrogens with one attached hydrogen (secondary N) is 1. The van der Waals surface area contributed by atoms with Gasteiger partial charge in [0.15, 0.2) is 0 Å². The molecule has 1 amide bonds. The van der Waals surface area contributed by atoms with Gasteiger partial charge in [-0.3, -0.25) is 4.79 Å². The molecule has 0 aliphatic carbocycles. The van der Waals surface area contributed by atoms with Crippen molar-refractivity contribution >= 4 is 33.9 Å². The number of carbonyl (C=O) groups is 1. The number of amides is 1. The van der Waals surface area contributed by atoms with Gasteiger partial charge in [0.2, 0.25) is 0 Å². The summed E-state index contributed by atoms with van der Waals surface area (Å²) in [5.41, 5.74) is 5.16. The Morgan fingerprint density at radius 1 is 1.03 bits per heavy atom. The van der Waals surface area contributed by atoms with Crippen molar-refractivity contribution in [2.45, 2.75) is 13.3 Å². The first-order valence-electron chi connectivity index (χ1n) is 11.2. The molecule has 1 saturated heterocycles. The molecule has 164 valence electrons. The quantitative estimate of drug-likeness (QED) is 0.671. The van der Waals surface area contributed by atoms with Crippen molar-refractivity contribution < 1.29 is 9.53 Å². The lowest BCUT2D eigenvalue weighted by atomic mass is 10.0. The van der Waals surface area contributed by atoms with Crippen molar-refractivity contribution in [3.8, 4) is 0 Å². The summed E-state index contributed by atoms with van der Waals surface area (Å²) in [6, 6.07) is 15.9. The van der Waals surface area contributed by atoms with Crippen LogP contribution in [0.15, 0.2) is 54.6 Å². The Morgan fingerprint density at radius 3 is 2.53 bits per heavy atom. The smallest absolute Gasteiger partial charge is 0.256 e. The molecule has 32 heavy (non-hydrogen) atoms. The highest BCUT2D eigenvalue weighted by Gasteiger charge is 2.18. The van der Waals surface area contributed by atoms with Crippen LogP contribution in [0.2, 0.25) is 0 Å². The molecule has 1 aromatic heterocycles. The van der Waals surface area contributed by atoms with Crippen LogP contribution in [0, 0.1) is 6.92 Å². The number of ether oxygens (including phenoxy) is 1. The number of rotatable bonds is 4. The zero-order valence-corrected chi connectivity index (χ0v) is 18.6. The molecule has 0 radical (unpaired) electrons. The number of benzene rings is 2. The van der Waals surface area contributed by atoms with Gasteiger partial charge < -0.3 is 19.9 Å². The molecule has 2 aliphatic rings. The number of carbonyl (C=O) groups excluding carboxylic acids is 1. The lowest BCUT2D eigenvalue weighted by Crippen LogP contribution is -2.44. The van der Waals surface area contributed by atoms with E-state index in [9.17, 15) is 4.79 Å². The normalized spacial score (nSPS) is 16.7. The summed E-state index contributed by atoms with van der Waals surface area (Å²) in [7, 11) is 2.15. The number of hydrogen-bond donors (Lipinski definition) is 1. The largest absolute Gasteiger partial charge is 0.491 e. The summed E-state index contributed by atoms with van der Waals surface area (Å²) >= 11 is 0. The minimum absolute atomic E-state index is 0.143. The highest BCUT2D eigenvalue weighted by molar-refractivity contribution is 6.13. The Bertz CT molecular complexity index is 1180. The molecule has 1 N–H and O–H groups in total. The van der Waals surface area contributed by atoms with Crippen LogP contribution in [0.3, 0.4) is 0 Å². The van der Waals surface area contributed by atoms with Crippen LogP contribution in [0.5, 0.6) is 0 Å². The van der Waals surface area contributed by atoms with Crippen molar-refractivity contribution in [1.29, 1.82) is 0 Å². The van der Waals surface area contributed by atoms with Crippen LogP contribution in [-0.2, 0) is 4.74 Å². The molecule has 6 nitrogen and oxygen atoms in total.